The molecule has 6 rings (SSSR count). The number of aliphatic carboxylic acids is 1. The van der Waals surface area contributed by atoms with Gasteiger partial charge in [0.05, 0.1) is 17.8 Å². The average molecular weight is 463 g/mol. The summed E-state index contributed by atoms with van der Waals surface area (Å²) in [5.41, 5.74) is 1.62. The van der Waals surface area contributed by atoms with Crippen molar-refractivity contribution in [2.75, 3.05) is 18.4 Å². The van der Waals surface area contributed by atoms with Gasteiger partial charge in [0.25, 0.3) is 5.91 Å². The Morgan fingerprint density at radius 2 is 1.82 bits per heavy atom. The lowest BCUT2D eigenvalue weighted by atomic mass is 9.85. The maximum absolute atomic E-state index is 12.9. The van der Waals surface area contributed by atoms with Crippen LogP contribution in [0.2, 0.25) is 0 Å². The molecule has 0 aromatic carbocycles. The Labute approximate surface area is 196 Å². The summed E-state index contributed by atoms with van der Waals surface area (Å²) >= 11 is 0. The quantitative estimate of drug-likeness (QED) is 0.607. The van der Waals surface area contributed by atoms with E-state index in [4.69, 9.17) is 0 Å². The van der Waals surface area contributed by atoms with Crippen LogP contribution in [-0.2, 0) is 4.79 Å². The molecule has 3 fully saturated rings. The number of rotatable bonds is 5. The van der Waals surface area contributed by atoms with Gasteiger partial charge in [0, 0.05) is 25.2 Å². The first kappa shape index (κ1) is 21.1. The molecule has 2 bridgehead atoms. The Bertz CT molecular complexity index is 1150. The lowest BCUT2D eigenvalue weighted by Crippen LogP contribution is -2.53. The minimum Gasteiger partial charge on any atom is -0.477 e. The maximum Gasteiger partial charge on any atom is 0.350 e. The Hall–Kier alpha value is -3.47. The fourth-order valence-corrected chi connectivity index (χ4v) is 5.76. The molecule has 3 atom stereocenters. The maximum atomic E-state index is 12.9. The van der Waals surface area contributed by atoms with Crippen LogP contribution in [0.1, 0.15) is 60.6 Å². The minimum absolute atomic E-state index is 0.107. The number of carbonyl (C=O) groups excluding carboxylic acids is 1. The van der Waals surface area contributed by atoms with Gasteiger partial charge in [-0.05, 0) is 43.7 Å². The molecule has 1 aliphatic carbocycles. The lowest BCUT2D eigenvalue weighted by molar-refractivity contribution is -0.129. The van der Waals surface area contributed by atoms with Crippen LogP contribution in [0.25, 0.3) is 0 Å². The minimum atomic E-state index is -1.01. The number of fused-ring (bicyclic) bond motifs is 3. The molecule has 4 aliphatic rings. The predicted octanol–water partition coefficient (Wildman–Crippen LogP) is 2.03. The van der Waals surface area contributed by atoms with Crippen LogP contribution in [0.4, 0.5) is 17.5 Å². The number of carboxylic acids is 1. The van der Waals surface area contributed by atoms with Crippen molar-refractivity contribution in [3.8, 4) is 0 Å². The molecule has 3 aliphatic heterocycles. The van der Waals surface area contributed by atoms with Crippen LogP contribution < -0.4 is 10.6 Å². The van der Waals surface area contributed by atoms with Crippen molar-refractivity contribution in [1.29, 1.82) is 0 Å². The van der Waals surface area contributed by atoms with Crippen molar-refractivity contribution in [3.63, 3.8) is 0 Å². The molecule has 34 heavy (non-hydrogen) atoms. The number of carboxylic acid groups (broad SMARTS) is 1. The van der Waals surface area contributed by atoms with E-state index in [-0.39, 0.29) is 23.5 Å². The number of aromatic nitrogens is 4. The molecule has 11 heteroatoms. The number of aliphatic imine (C=N–C) groups is 1. The largest absolute Gasteiger partial charge is 0.477 e. The van der Waals surface area contributed by atoms with Crippen LogP contribution in [-0.4, -0.2) is 72.9 Å². The highest BCUT2D eigenvalue weighted by molar-refractivity contribution is 6.39. The van der Waals surface area contributed by atoms with Gasteiger partial charge in [-0.15, -0.1) is 10.2 Å². The van der Waals surface area contributed by atoms with Gasteiger partial charge in [-0.1, -0.05) is 12.8 Å². The fourth-order valence-electron chi connectivity index (χ4n) is 5.76. The first-order valence-electron chi connectivity index (χ1n) is 11.9. The summed E-state index contributed by atoms with van der Waals surface area (Å²) in [4.78, 5) is 39.7. The number of hydrogen-bond donors (Lipinski definition) is 3. The summed E-state index contributed by atoms with van der Waals surface area (Å²) in [6.45, 7) is 1.39. The second-order valence-corrected chi connectivity index (χ2v) is 9.57. The molecule has 2 aromatic heterocycles. The van der Waals surface area contributed by atoms with E-state index in [1.807, 2.05) is 4.90 Å². The van der Waals surface area contributed by atoms with Gasteiger partial charge in [-0.2, -0.15) is 0 Å². The molecule has 1 amide bonds. The number of piperazine rings is 1. The monoisotopic (exact) mass is 462 g/mol. The van der Waals surface area contributed by atoms with E-state index < -0.39 is 5.97 Å². The van der Waals surface area contributed by atoms with Gasteiger partial charge in [-0.25, -0.2) is 19.8 Å². The smallest absolute Gasteiger partial charge is 0.350 e. The van der Waals surface area contributed by atoms with Gasteiger partial charge in [0.2, 0.25) is 5.95 Å². The zero-order valence-electron chi connectivity index (χ0n) is 18.6. The molecule has 1 saturated carbocycles. The number of hydrogen-bond acceptors (Lipinski definition) is 9. The van der Waals surface area contributed by atoms with Gasteiger partial charge in [0.15, 0.2) is 11.5 Å². The summed E-state index contributed by atoms with van der Waals surface area (Å²) in [5.74, 6) is -0.498. The van der Waals surface area contributed by atoms with E-state index in [1.165, 1.54) is 0 Å². The summed E-state index contributed by atoms with van der Waals surface area (Å²) in [5, 5.41) is 24.5. The standard InChI is InChI=1S/C23H26N8O3/c32-21(31-10-13-5-6-14(11-31)25-13)15-7-8-17(30-29-15)27-23-24-9-16-19(28-23)18(12-3-1-2-4-12)20(26-16)22(33)34/h7-9,12-14,18,25H,1-6,10-11H2,(H,33,34)(H,24,27,28,30). The van der Waals surface area contributed by atoms with Gasteiger partial charge in [0.1, 0.15) is 11.4 Å². The van der Waals surface area contributed by atoms with Gasteiger partial charge < -0.3 is 20.6 Å². The number of anilines is 2. The highest BCUT2D eigenvalue weighted by Gasteiger charge is 2.40. The van der Waals surface area contributed by atoms with Gasteiger partial charge in [-0.3, -0.25) is 4.79 Å². The molecule has 2 aromatic rings. The number of likely N-dealkylation sites (tertiary alicyclic amines) is 1. The topological polar surface area (TPSA) is 146 Å². The zero-order valence-corrected chi connectivity index (χ0v) is 18.6. The Morgan fingerprint density at radius 1 is 1.06 bits per heavy atom. The Kier molecular flexibility index (Phi) is 5.20. The molecular formula is C23H26N8O3. The summed E-state index contributed by atoms with van der Waals surface area (Å²) in [6.07, 6.45) is 7.88. The van der Waals surface area contributed by atoms with Crippen molar-refractivity contribution >= 4 is 35.0 Å². The second-order valence-electron chi connectivity index (χ2n) is 9.57. The molecule has 11 nitrogen and oxygen atoms in total. The Morgan fingerprint density at radius 3 is 2.50 bits per heavy atom. The number of amides is 1. The van der Waals surface area contributed by atoms with Crippen LogP contribution in [0.3, 0.4) is 0 Å². The van der Waals surface area contributed by atoms with Crippen molar-refractivity contribution in [1.82, 2.24) is 30.4 Å². The number of nitrogens with one attached hydrogen (secondary N) is 2. The third kappa shape index (κ3) is 3.79. The van der Waals surface area contributed by atoms with Crippen LogP contribution in [0.15, 0.2) is 23.3 Å². The molecule has 3 unspecified atom stereocenters. The third-order valence-corrected chi connectivity index (χ3v) is 7.35. The van der Waals surface area contributed by atoms with Crippen molar-refractivity contribution in [2.24, 2.45) is 10.9 Å². The fraction of sp³-hybridized carbons (Fsp3) is 0.522. The predicted molar refractivity (Wildman–Crippen MR) is 123 cm³/mol. The molecule has 5 heterocycles. The van der Waals surface area contributed by atoms with Gasteiger partial charge >= 0.3 is 5.97 Å². The van der Waals surface area contributed by atoms with E-state index in [0.29, 0.717) is 54.0 Å². The second kappa shape index (κ2) is 8.39. The highest BCUT2D eigenvalue weighted by Crippen LogP contribution is 2.45. The summed E-state index contributed by atoms with van der Waals surface area (Å²) < 4.78 is 0. The number of nitrogens with zero attached hydrogens (tertiary/aromatic N) is 6. The van der Waals surface area contributed by atoms with Crippen LogP contribution in [0, 0.1) is 5.92 Å². The first-order chi connectivity index (χ1) is 16.5. The molecule has 2 saturated heterocycles. The van der Waals surface area contributed by atoms with E-state index >= 15 is 0 Å². The Balaban J connectivity index is 1.18. The summed E-state index contributed by atoms with van der Waals surface area (Å²) in [6, 6.07) is 4.07. The normalized spacial score (nSPS) is 25.8. The zero-order chi connectivity index (χ0) is 23.2. The van der Waals surface area contributed by atoms with Crippen molar-refractivity contribution in [3.05, 3.63) is 29.7 Å². The van der Waals surface area contributed by atoms with Crippen molar-refractivity contribution < 1.29 is 14.7 Å². The van der Waals surface area contributed by atoms with E-state index in [9.17, 15) is 14.7 Å². The van der Waals surface area contributed by atoms with Crippen LogP contribution >= 0.6 is 0 Å². The van der Waals surface area contributed by atoms with Crippen LogP contribution in [0.5, 0.6) is 0 Å². The van der Waals surface area contributed by atoms with E-state index in [0.717, 1.165) is 38.5 Å². The molecule has 176 valence electrons. The lowest BCUT2D eigenvalue weighted by Gasteiger charge is -2.32. The van der Waals surface area contributed by atoms with E-state index in [2.05, 4.69) is 35.8 Å². The van der Waals surface area contributed by atoms with E-state index in [1.54, 1.807) is 18.3 Å². The number of carbonyl (C=O) groups is 2. The first-order valence-corrected chi connectivity index (χ1v) is 11.9. The summed E-state index contributed by atoms with van der Waals surface area (Å²) in [7, 11) is 0. The van der Waals surface area contributed by atoms with Crippen molar-refractivity contribution in [2.45, 2.75) is 56.5 Å². The molecule has 3 N–H and O–H groups in total. The molecule has 0 radical (unpaired) electrons. The molecular weight excluding hydrogens is 436 g/mol. The average Bonchev–Trinajstić information content (AvgIpc) is 3.57. The molecule has 0 spiro atoms. The highest BCUT2D eigenvalue weighted by atomic mass is 16.4. The SMILES string of the molecule is O=C(O)C1=Nc2cnc(Nc3ccc(C(=O)N4CC5CCC(C4)N5)nn3)nc2C1C1CCCC1. The third-order valence-electron chi connectivity index (χ3n) is 7.35.